The largest absolute Gasteiger partial charge is 0.206 e. The molecule has 0 N–H and O–H groups in total. The van der Waals surface area contributed by atoms with Gasteiger partial charge in [0.05, 0.1) is 10.9 Å². The first-order valence-electron chi connectivity index (χ1n) is 9.58. The second kappa shape index (κ2) is 8.89. The Morgan fingerprint density at radius 1 is 0.621 bits per heavy atom. The summed E-state index contributed by atoms with van der Waals surface area (Å²) in [6, 6.07) is 4.73. The average Bonchev–Trinajstić information content (AvgIpc) is 2.65. The van der Waals surface area contributed by atoms with Crippen LogP contribution in [0.5, 0.6) is 0 Å². The maximum absolute atomic E-state index is 14.6. The SMILES string of the molecule is CCCCCCCc1cc(F)c(-c2cc(F)c3c(F)c(F)c(F)cc3c2)c(F)c1. The maximum atomic E-state index is 14.6. The fourth-order valence-electron chi connectivity index (χ4n) is 3.51. The summed E-state index contributed by atoms with van der Waals surface area (Å²) in [5.41, 5.74) is -0.226. The Morgan fingerprint density at radius 3 is 1.93 bits per heavy atom. The minimum absolute atomic E-state index is 0.218. The zero-order chi connectivity index (χ0) is 21.1. The summed E-state index contributed by atoms with van der Waals surface area (Å²) in [6.45, 7) is 2.10. The van der Waals surface area contributed by atoms with Gasteiger partial charge in [0.2, 0.25) is 0 Å². The topological polar surface area (TPSA) is 0 Å². The molecule has 0 saturated heterocycles. The van der Waals surface area contributed by atoms with Crippen molar-refractivity contribution in [3.05, 3.63) is 70.8 Å². The van der Waals surface area contributed by atoms with Gasteiger partial charge in [-0.05, 0) is 59.7 Å². The number of rotatable bonds is 7. The third kappa shape index (κ3) is 4.41. The van der Waals surface area contributed by atoms with Crippen molar-refractivity contribution in [2.75, 3.05) is 0 Å². The van der Waals surface area contributed by atoms with E-state index in [1.54, 1.807) is 0 Å². The molecule has 3 aromatic carbocycles. The van der Waals surface area contributed by atoms with Crippen molar-refractivity contribution in [1.82, 2.24) is 0 Å². The van der Waals surface area contributed by atoms with E-state index >= 15 is 0 Å². The third-order valence-electron chi connectivity index (χ3n) is 4.98. The van der Waals surface area contributed by atoms with Gasteiger partial charge < -0.3 is 0 Å². The summed E-state index contributed by atoms with van der Waals surface area (Å²) in [7, 11) is 0. The predicted molar refractivity (Wildman–Crippen MR) is 102 cm³/mol. The quantitative estimate of drug-likeness (QED) is 0.211. The van der Waals surface area contributed by atoms with Gasteiger partial charge >= 0.3 is 0 Å². The normalized spacial score (nSPS) is 11.4. The molecule has 0 bridgehead atoms. The monoisotopic (exact) mass is 410 g/mol. The second-order valence-corrected chi connectivity index (χ2v) is 7.14. The summed E-state index contributed by atoms with van der Waals surface area (Å²) < 4.78 is 84.3. The highest BCUT2D eigenvalue weighted by Crippen LogP contribution is 2.34. The third-order valence-corrected chi connectivity index (χ3v) is 4.98. The van der Waals surface area contributed by atoms with Crippen LogP contribution in [0.1, 0.15) is 44.6 Å². The van der Waals surface area contributed by atoms with Crippen LogP contribution in [-0.4, -0.2) is 0 Å². The molecule has 0 aliphatic carbocycles. The Morgan fingerprint density at radius 2 is 1.28 bits per heavy atom. The lowest BCUT2D eigenvalue weighted by Gasteiger charge is -2.11. The average molecular weight is 410 g/mol. The molecule has 0 heterocycles. The Labute approximate surface area is 165 Å². The molecule has 0 amide bonds. The molecule has 0 aliphatic heterocycles. The first-order chi connectivity index (χ1) is 13.8. The van der Waals surface area contributed by atoms with Crippen LogP contribution in [0.15, 0.2) is 30.3 Å². The van der Waals surface area contributed by atoms with Gasteiger partial charge in [-0.2, -0.15) is 0 Å². The van der Waals surface area contributed by atoms with E-state index in [1.165, 1.54) is 12.1 Å². The molecule has 29 heavy (non-hydrogen) atoms. The van der Waals surface area contributed by atoms with E-state index in [0.29, 0.717) is 24.1 Å². The van der Waals surface area contributed by atoms with E-state index in [1.807, 2.05) is 0 Å². The van der Waals surface area contributed by atoms with Crippen molar-refractivity contribution >= 4 is 10.8 Å². The van der Waals surface area contributed by atoms with E-state index in [-0.39, 0.29) is 10.9 Å². The van der Waals surface area contributed by atoms with Gasteiger partial charge in [0.15, 0.2) is 17.5 Å². The maximum Gasteiger partial charge on any atom is 0.195 e. The molecule has 3 rings (SSSR count). The highest BCUT2D eigenvalue weighted by molar-refractivity contribution is 5.88. The molecular formula is C23H20F6. The molecule has 0 saturated carbocycles. The lowest BCUT2D eigenvalue weighted by atomic mass is 9.97. The lowest BCUT2D eigenvalue weighted by molar-refractivity contribution is 0.451. The summed E-state index contributed by atoms with van der Waals surface area (Å²) in [5.74, 6) is -8.00. The van der Waals surface area contributed by atoms with E-state index in [2.05, 4.69) is 6.92 Å². The molecular weight excluding hydrogens is 390 g/mol. The first kappa shape index (κ1) is 21.2. The van der Waals surface area contributed by atoms with Gasteiger partial charge in [-0.15, -0.1) is 0 Å². The molecule has 6 heteroatoms. The zero-order valence-electron chi connectivity index (χ0n) is 15.9. The van der Waals surface area contributed by atoms with Gasteiger partial charge in [-0.3, -0.25) is 0 Å². The smallest absolute Gasteiger partial charge is 0.195 e. The van der Waals surface area contributed by atoms with Crippen LogP contribution in [0.2, 0.25) is 0 Å². The van der Waals surface area contributed by atoms with Crippen LogP contribution in [0.25, 0.3) is 21.9 Å². The fraction of sp³-hybridized carbons (Fsp3) is 0.304. The number of hydrogen-bond donors (Lipinski definition) is 0. The second-order valence-electron chi connectivity index (χ2n) is 7.14. The van der Waals surface area contributed by atoms with Gasteiger partial charge in [-0.25, -0.2) is 26.3 Å². The predicted octanol–water partition coefficient (Wildman–Crippen LogP) is 7.85. The molecule has 0 nitrogen and oxygen atoms in total. The molecule has 3 aromatic rings. The summed E-state index contributed by atoms with van der Waals surface area (Å²) in [4.78, 5) is 0. The standard InChI is InChI=1S/C23H20F6/c1-2-3-4-5-6-7-13-8-16(24)20(17(25)9-13)14-10-15-12-19(27)22(28)23(29)21(15)18(26)11-14/h8-12H,2-7H2,1H3. The highest BCUT2D eigenvalue weighted by Gasteiger charge is 2.20. The van der Waals surface area contributed by atoms with Crippen molar-refractivity contribution in [2.24, 2.45) is 0 Å². The number of benzene rings is 3. The molecule has 0 unspecified atom stereocenters. The Balaban J connectivity index is 1.96. The molecule has 0 aliphatic rings. The van der Waals surface area contributed by atoms with Crippen molar-refractivity contribution in [2.45, 2.75) is 45.4 Å². The number of unbranched alkanes of at least 4 members (excludes halogenated alkanes) is 4. The van der Waals surface area contributed by atoms with E-state index in [4.69, 9.17) is 0 Å². The van der Waals surface area contributed by atoms with Crippen LogP contribution in [0.4, 0.5) is 26.3 Å². The van der Waals surface area contributed by atoms with Crippen LogP contribution in [-0.2, 0) is 6.42 Å². The molecule has 0 fully saturated rings. The Hall–Kier alpha value is -2.50. The van der Waals surface area contributed by atoms with Gasteiger partial charge in [0.25, 0.3) is 0 Å². The van der Waals surface area contributed by atoms with Crippen molar-refractivity contribution < 1.29 is 26.3 Å². The molecule has 0 atom stereocenters. The van der Waals surface area contributed by atoms with Crippen molar-refractivity contribution in [3.63, 3.8) is 0 Å². The van der Waals surface area contributed by atoms with Gasteiger partial charge in [-0.1, -0.05) is 32.6 Å². The Kier molecular flexibility index (Phi) is 6.50. The van der Waals surface area contributed by atoms with E-state index < -0.39 is 45.9 Å². The number of aryl methyl sites for hydroxylation is 1. The lowest BCUT2D eigenvalue weighted by Crippen LogP contribution is -1.98. The number of halogens is 6. The molecule has 0 spiro atoms. The number of hydrogen-bond acceptors (Lipinski definition) is 0. The van der Waals surface area contributed by atoms with Gasteiger partial charge in [0.1, 0.15) is 17.5 Å². The molecule has 154 valence electrons. The summed E-state index contributed by atoms with van der Waals surface area (Å²) in [6.07, 6.45) is 5.54. The van der Waals surface area contributed by atoms with Crippen LogP contribution in [0.3, 0.4) is 0 Å². The van der Waals surface area contributed by atoms with Crippen LogP contribution >= 0.6 is 0 Å². The van der Waals surface area contributed by atoms with E-state index in [0.717, 1.165) is 38.2 Å². The molecule has 0 radical (unpaired) electrons. The highest BCUT2D eigenvalue weighted by atomic mass is 19.2. The first-order valence-corrected chi connectivity index (χ1v) is 9.58. The molecule has 0 aromatic heterocycles. The summed E-state index contributed by atoms with van der Waals surface area (Å²) >= 11 is 0. The number of fused-ring (bicyclic) bond motifs is 1. The van der Waals surface area contributed by atoms with Crippen LogP contribution in [0, 0.1) is 34.9 Å². The van der Waals surface area contributed by atoms with Crippen molar-refractivity contribution in [1.29, 1.82) is 0 Å². The summed E-state index contributed by atoms with van der Waals surface area (Å²) in [5, 5.41) is -1.09. The van der Waals surface area contributed by atoms with Gasteiger partial charge in [0, 0.05) is 0 Å². The Bertz CT molecular complexity index is 1020. The van der Waals surface area contributed by atoms with Crippen molar-refractivity contribution in [3.8, 4) is 11.1 Å². The van der Waals surface area contributed by atoms with Crippen LogP contribution < -0.4 is 0 Å². The zero-order valence-corrected chi connectivity index (χ0v) is 15.9. The minimum Gasteiger partial charge on any atom is -0.206 e. The minimum atomic E-state index is -1.80. The van der Waals surface area contributed by atoms with E-state index in [9.17, 15) is 26.3 Å². The fourth-order valence-corrected chi connectivity index (χ4v) is 3.51.